The Bertz CT molecular complexity index is 2840. The molecule has 0 bridgehead atoms. The third kappa shape index (κ3) is 5.20. The van der Waals surface area contributed by atoms with E-state index in [1.165, 1.54) is 31.3 Å². The van der Waals surface area contributed by atoms with Crippen LogP contribution < -0.4 is 9.80 Å². The molecule has 2 aromatic heterocycles. The summed E-state index contributed by atoms with van der Waals surface area (Å²) in [5, 5.41) is 4.74. The predicted molar refractivity (Wildman–Crippen MR) is 221 cm³/mol. The maximum absolute atomic E-state index is 6.71. The van der Waals surface area contributed by atoms with E-state index in [1.54, 1.807) is 0 Å². The first-order chi connectivity index (χ1) is 25.8. The average molecular weight is 685 g/mol. The molecule has 3 nitrogen and oxygen atoms in total. The van der Waals surface area contributed by atoms with E-state index in [0.29, 0.717) is 0 Å². The van der Waals surface area contributed by atoms with Gasteiger partial charge in [-0.2, -0.15) is 0 Å². The van der Waals surface area contributed by atoms with Crippen LogP contribution in [-0.4, -0.2) is 0 Å². The molecule has 0 saturated carbocycles. The molecule has 0 unspecified atom stereocenters. The lowest BCUT2D eigenvalue weighted by Gasteiger charge is -2.26. The monoisotopic (exact) mass is 684 g/mol. The van der Waals surface area contributed by atoms with Gasteiger partial charge in [0.25, 0.3) is 0 Å². The van der Waals surface area contributed by atoms with Crippen LogP contribution in [0, 0.1) is 0 Å². The van der Waals surface area contributed by atoms with Crippen LogP contribution in [0.2, 0.25) is 0 Å². The number of para-hydroxylation sites is 2. The van der Waals surface area contributed by atoms with E-state index >= 15 is 0 Å². The summed E-state index contributed by atoms with van der Waals surface area (Å²) in [6.45, 7) is 0. The number of rotatable bonds is 7. The Balaban J connectivity index is 1.11. The minimum absolute atomic E-state index is 0.844. The summed E-state index contributed by atoms with van der Waals surface area (Å²) in [6, 6.07) is 68.9. The van der Waals surface area contributed by atoms with Crippen LogP contribution in [0.4, 0.5) is 34.1 Å². The molecule has 0 radical (unpaired) electrons. The molecule has 0 amide bonds. The second-order valence-electron chi connectivity index (χ2n) is 13.0. The summed E-state index contributed by atoms with van der Waals surface area (Å²) in [5.41, 5.74) is 10.5. The molecule has 2 heterocycles. The number of thiophene rings is 1. The van der Waals surface area contributed by atoms with Crippen molar-refractivity contribution in [2.45, 2.75) is 0 Å². The Labute approximate surface area is 305 Å². The van der Waals surface area contributed by atoms with Crippen molar-refractivity contribution < 1.29 is 4.42 Å². The van der Waals surface area contributed by atoms with Gasteiger partial charge >= 0.3 is 0 Å². The van der Waals surface area contributed by atoms with Crippen LogP contribution in [0.3, 0.4) is 0 Å². The lowest BCUT2D eigenvalue weighted by molar-refractivity contribution is 0.669. The van der Waals surface area contributed by atoms with E-state index in [9.17, 15) is 0 Å². The van der Waals surface area contributed by atoms with Crippen LogP contribution in [0.25, 0.3) is 53.2 Å². The van der Waals surface area contributed by atoms with Crippen molar-refractivity contribution in [3.8, 4) is 11.1 Å². The highest BCUT2D eigenvalue weighted by atomic mass is 32.1. The van der Waals surface area contributed by atoms with Crippen molar-refractivity contribution in [1.29, 1.82) is 0 Å². The van der Waals surface area contributed by atoms with Crippen LogP contribution in [0.1, 0.15) is 0 Å². The Kier molecular flexibility index (Phi) is 7.33. The highest BCUT2D eigenvalue weighted by Gasteiger charge is 2.21. The van der Waals surface area contributed by atoms with E-state index in [1.807, 2.05) is 11.3 Å². The molecular formula is C48H32N2OS. The van der Waals surface area contributed by atoms with Gasteiger partial charge in [0.15, 0.2) is 0 Å². The maximum atomic E-state index is 6.71. The second-order valence-corrected chi connectivity index (χ2v) is 14.1. The lowest BCUT2D eigenvalue weighted by Crippen LogP contribution is -2.10. The summed E-state index contributed by atoms with van der Waals surface area (Å²) in [4.78, 5) is 4.65. The normalized spacial score (nSPS) is 11.5. The summed E-state index contributed by atoms with van der Waals surface area (Å²) in [5.74, 6) is 0. The Morgan fingerprint density at radius 2 is 0.904 bits per heavy atom. The zero-order chi connectivity index (χ0) is 34.4. The fraction of sp³-hybridized carbons (Fsp3) is 0. The smallest absolute Gasteiger partial charge is 0.137 e. The molecule has 0 fully saturated rings. The van der Waals surface area contributed by atoms with E-state index in [2.05, 4.69) is 204 Å². The Morgan fingerprint density at radius 1 is 0.346 bits per heavy atom. The first kappa shape index (κ1) is 30.2. The zero-order valence-corrected chi connectivity index (χ0v) is 29.0. The molecule has 0 aliphatic heterocycles. The largest absolute Gasteiger partial charge is 0.456 e. The number of nitrogens with zero attached hydrogens (tertiary/aromatic N) is 2. The van der Waals surface area contributed by atoms with Gasteiger partial charge < -0.3 is 14.2 Å². The molecule has 10 aromatic rings. The molecule has 246 valence electrons. The minimum atomic E-state index is 0.844. The molecule has 4 heteroatoms. The van der Waals surface area contributed by atoms with Gasteiger partial charge in [0.05, 0.1) is 11.1 Å². The molecular weight excluding hydrogens is 653 g/mol. The summed E-state index contributed by atoms with van der Waals surface area (Å²) in [6.07, 6.45) is 0. The van der Waals surface area contributed by atoms with Gasteiger partial charge in [-0.05, 0) is 90.0 Å². The van der Waals surface area contributed by atoms with E-state index in [4.69, 9.17) is 4.42 Å². The fourth-order valence-corrected chi connectivity index (χ4v) is 8.58. The van der Waals surface area contributed by atoms with Gasteiger partial charge in [0.1, 0.15) is 11.2 Å². The van der Waals surface area contributed by atoms with Gasteiger partial charge in [-0.1, -0.05) is 109 Å². The van der Waals surface area contributed by atoms with Gasteiger partial charge in [-0.3, -0.25) is 0 Å². The van der Waals surface area contributed by atoms with Crippen LogP contribution in [-0.2, 0) is 0 Å². The van der Waals surface area contributed by atoms with Gasteiger partial charge in [0.2, 0.25) is 0 Å². The van der Waals surface area contributed by atoms with Gasteiger partial charge in [0, 0.05) is 60.1 Å². The predicted octanol–water partition coefficient (Wildman–Crippen LogP) is 14.6. The van der Waals surface area contributed by atoms with E-state index in [-0.39, 0.29) is 0 Å². The SMILES string of the molecule is c1ccc(-c2ccc(N(c3ccccc3)c3cccc4oc5cc(N(c6ccccc6)c6ccc7c(c6)sc6ccccc67)ccc5c34)cc2)cc1. The van der Waals surface area contributed by atoms with Crippen molar-refractivity contribution in [3.05, 3.63) is 194 Å². The van der Waals surface area contributed by atoms with Crippen molar-refractivity contribution in [1.82, 2.24) is 0 Å². The Morgan fingerprint density at radius 3 is 1.65 bits per heavy atom. The number of anilines is 6. The number of furan rings is 1. The number of fused-ring (bicyclic) bond motifs is 6. The van der Waals surface area contributed by atoms with Gasteiger partial charge in [-0.25, -0.2) is 0 Å². The van der Waals surface area contributed by atoms with Crippen molar-refractivity contribution in [2.24, 2.45) is 0 Å². The number of hydrogen-bond donors (Lipinski definition) is 0. The van der Waals surface area contributed by atoms with Crippen LogP contribution in [0.15, 0.2) is 199 Å². The lowest BCUT2D eigenvalue weighted by atomic mass is 10.0. The molecule has 52 heavy (non-hydrogen) atoms. The van der Waals surface area contributed by atoms with Crippen LogP contribution >= 0.6 is 11.3 Å². The molecule has 0 N–H and O–H groups in total. The Hall–Kier alpha value is -6.62. The van der Waals surface area contributed by atoms with Gasteiger partial charge in [-0.15, -0.1) is 11.3 Å². The second kappa shape index (κ2) is 12.6. The highest BCUT2D eigenvalue weighted by molar-refractivity contribution is 7.25. The fourth-order valence-electron chi connectivity index (χ4n) is 7.44. The average Bonchev–Trinajstić information content (AvgIpc) is 3.78. The van der Waals surface area contributed by atoms with E-state index in [0.717, 1.165) is 56.1 Å². The summed E-state index contributed by atoms with van der Waals surface area (Å²) >= 11 is 1.84. The molecule has 0 aliphatic carbocycles. The van der Waals surface area contributed by atoms with Crippen LogP contribution in [0.5, 0.6) is 0 Å². The van der Waals surface area contributed by atoms with Crippen molar-refractivity contribution in [2.75, 3.05) is 9.80 Å². The summed E-state index contributed by atoms with van der Waals surface area (Å²) in [7, 11) is 0. The third-order valence-corrected chi connectivity index (χ3v) is 11.0. The van der Waals surface area contributed by atoms with Crippen molar-refractivity contribution in [3.63, 3.8) is 0 Å². The molecule has 0 saturated heterocycles. The zero-order valence-electron chi connectivity index (χ0n) is 28.2. The maximum Gasteiger partial charge on any atom is 0.137 e. The molecule has 0 spiro atoms. The first-order valence-electron chi connectivity index (χ1n) is 17.5. The molecule has 0 aliphatic rings. The van der Waals surface area contributed by atoms with Crippen molar-refractivity contribution >= 4 is 87.6 Å². The third-order valence-electron chi connectivity index (χ3n) is 9.84. The standard InChI is InChI=1S/C48H32N2OS/c1-4-13-33(14-5-1)34-23-25-37(26-24-34)50(36-17-8-3-9-18-36)43-20-12-21-44-48(43)42-30-28-38(31-45(42)51-44)49(35-15-6-2-7-16-35)39-27-29-41-40-19-10-11-22-46(40)52-47(41)32-39/h1-32H. The topological polar surface area (TPSA) is 19.6 Å². The molecule has 10 rings (SSSR count). The minimum Gasteiger partial charge on any atom is -0.456 e. The quantitative estimate of drug-likeness (QED) is 0.167. The number of benzene rings is 8. The first-order valence-corrected chi connectivity index (χ1v) is 18.3. The summed E-state index contributed by atoms with van der Waals surface area (Å²) < 4.78 is 9.29. The number of hydrogen-bond acceptors (Lipinski definition) is 4. The van der Waals surface area contributed by atoms with E-state index < -0.39 is 0 Å². The molecule has 8 aromatic carbocycles. The molecule has 0 atom stereocenters. The highest BCUT2D eigenvalue weighted by Crippen LogP contribution is 2.46.